The Kier molecular flexibility index (Phi) is 14.9. The first-order valence-electron chi connectivity index (χ1n) is 23.2. The van der Waals surface area contributed by atoms with Crippen molar-refractivity contribution in [1.82, 2.24) is 29.5 Å². The number of aromatic amines is 3. The van der Waals surface area contributed by atoms with Crippen molar-refractivity contribution in [2.45, 2.75) is 131 Å². The lowest BCUT2D eigenvalue weighted by molar-refractivity contribution is -0.158. The van der Waals surface area contributed by atoms with Gasteiger partial charge >= 0.3 is 23.6 Å². The highest BCUT2D eigenvalue weighted by Crippen LogP contribution is 2.45. The zero-order chi connectivity index (χ0) is 51.0. The van der Waals surface area contributed by atoms with Crippen LogP contribution in [-0.2, 0) is 60.5 Å². The summed E-state index contributed by atoms with van der Waals surface area (Å²) in [6.45, 7) is 19.5. The number of carbonyl (C=O) groups excluding carboxylic acids is 5. The predicted molar refractivity (Wildman–Crippen MR) is 261 cm³/mol. The van der Waals surface area contributed by atoms with Crippen LogP contribution < -0.4 is 11.2 Å². The fraction of sp³-hybridized carbons (Fsp3) is 0.442. The second kappa shape index (κ2) is 20.5. The van der Waals surface area contributed by atoms with E-state index in [2.05, 4.69) is 21.5 Å². The minimum absolute atomic E-state index is 0.00873. The number of hydrogen-bond donors (Lipinski definition) is 3. The lowest BCUT2D eigenvalue weighted by atomic mass is 9.84. The lowest BCUT2D eigenvalue weighted by Gasteiger charge is -2.23. The Bertz CT molecular complexity index is 3170. The number of esters is 3. The molecule has 70 heavy (non-hydrogen) atoms. The molecule has 3 aliphatic heterocycles. The molecule has 0 amide bonds. The second-order valence-corrected chi connectivity index (χ2v) is 18.2. The van der Waals surface area contributed by atoms with Gasteiger partial charge in [0.25, 0.3) is 5.56 Å². The van der Waals surface area contributed by atoms with Crippen molar-refractivity contribution in [3.8, 4) is 0 Å². The fourth-order valence-electron chi connectivity index (χ4n) is 9.97. The van der Waals surface area contributed by atoms with Gasteiger partial charge in [0.2, 0.25) is 0 Å². The molecule has 3 aliphatic rings. The molecule has 3 N–H and O–H groups in total. The average Bonchev–Trinajstić information content (AvgIpc) is 4.05. The highest BCUT2D eigenvalue weighted by atomic mass is 16.6. The summed E-state index contributed by atoms with van der Waals surface area (Å²) in [5.41, 5.74) is 9.03. The maximum Gasteiger partial charge on any atom is 0.330 e. The molecule has 0 aliphatic carbocycles. The molecule has 0 spiro atoms. The molecule has 0 radical (unpaired) electrons. The van der Waals surface area contributed by atoms with E-state index in [0.29, 0.717) is 68.9 Å². The standard InChI is InChI=1S/C52H60N6O12/c1-13-32-25(4)37-20-42-45(28(7)36-21-58(52(65)57-50(36)64)51-49(67-12)48(69-31(10)62)43(70-51)22-68-30(9)61)29(8)40(54-42)18-38-26(5)33(14-15-44(63)66-11)46(55-38)35(17-24(3)60)47-34(16-23(2)59)27(6)39(56-47)19-41(32)53-37/h18-21,26,33,43,48-49,51,53-54H,7,13-17,22H2,1-6,8-12H3,(H,57,64,65)/t26-,33-,43+,48?,49?,51+/m0/s1. The van der Waals surface area contributed by atoms with E-state index in [1.165, 1.54) is 48.1 Å². The fourth-order valence-corrected chi connectivity index (χ4v) is 9.97. The first-order chi connectivity index (χ1) is 33.2. The van der Waals surface area contributed by atoms with Crippen LogP contribution in [0.15, 0.2) is 40.6 Å². The molecule has 2 unspecified atom stereocenters. The molecule has 6 atom stereocenters. The maximum absolute atomic E-state index is 14.0. The third-order valence-corrected chi connectivity index (χ3v) is 13.5. The van der Waals surface area contributed by atoms with Gasteiger partial charge in [0, 0.05) is 97.1 Å². The molecule has 7 heterocycles. The van der Waals surface area contributed by atoms with Crippen molar-refractivity contribution < 1.29 is 47.7 Å². The number of aromatic nitrogens is 6. The lowest BCUT2D eigenvalue weighted by Crippen LogP contribution is -2.41. The number of nitrogens with zero attached hydrogens (tertiary/aromatic N) is 3. The molecule has 1 fully saturated rings. The predicted octanol–water partition coefficient (Wildman–Crippen LogP) is 6.69. The van der Waals surface area contributed by atoms with Gasteiger partial charge in [0.1, 0.15) is 30.4 Å². The molecule has 0 saturated carbocycles. The van der Waals surface area contributed by atoms with Gasteiger partial charge in [-0.3, -0.25) is 43.3 Å². The smallest absolute Gasteiger partial charge is 0.330 e. The molecule has 8 bridgehead atoms. The van der Waals surface area contributed by atoms with Gasteiger partial charge < -0.3 is 33.7 Å². The quantitative estimate of drug-likeness (QED) is 0.0830. The van der Waals surface area contributed by atoms with Crippen molar-refractivity contribution in [3.63, 3.8) is 0 Å². The third-order valence-electron chi connectivity index (χ3n) is 13.5. The number of nitrogens with one attached hydrogen (secondary N) is 3. The largest absolute Gasteiger partial charge is 0.469 e. The van der Waals surface area contributed by atoms with E-state index < -0.39 is 53.7 Å². The summed E-state index contributed by atoms with van der Waals surface area (Å²) in [5.74, 6) is -2.49. The summed E-state index contributed by atoms with van der Waals surface area (Å²) in [5, 5.41) is 0. The van der Waals surface area contributed by atoms with E-state index >= 15 is 0 Å². The Balaban J connectivity index is 1.52. The average molecular weight is 961 g/mol. The molecular weight excluding hydrogens is 901 g/mol. The third kappa shape index (κ3) is 9.87. The summed E-state index contributed by atoms with van der Waals surface area (Å²) < 4.78 is 28.9. The molecule has 370 valence electrons. The SMILES string of the molecule is C=C(c1cn([C@@H]2O[C@H](COC(C)=O)C(OC(C)=O)C2OC)c(=O)[nH]c1=O)c1c(C)c2cc3nc(c(CC(C)=O)c4nc(cc5[nH]c(cc1[nH]2)c(C)c5CC)C(C)=C4CC(C)=O)[C@@H](CCC(=O)OC)[C@@H]3C. The van der Waals surface area contributed by atoms with E-state index in [4.69, 9.17) is 33.7 Å². The van der Waals surface area contributed by atoms with Gasteiger partial charge in [-0.1, -0.05) is 20.4 Å². The van der Waals surface area contributed by atoms with Crippen molar-refractivity contribution in [2.24, 2.45) is 0 Å². The summed E-state index contributed by atoms with van der Waals surface area (Å²) in [4.78, 5) is 111. The van der Waals surface area contributed by atoms with E-state index in [9.17, 15) is 33.6 Å². The zero-order valence-electron chi connectivity index (χ0n) is 41.5. The number of methoxy groups -OCH3 is 2. The molecule has 1 saturated heterocycles. The minimum Gasteiger partial charge on any atom is -0.469 e. The summed E-state index contributed by atoms with van der Waals surface area (Å²) in [6, 6.07) is 5.80. The summed E-state index contributed by atoms with van der Waals surface area (Å²) in [6.07, 6.45) is -1.96. The highest BCUT2D eigenvalue weighted by Gasteiger charge is 2.49. The molecule has 4 aromatic heterocycles. The summed E-state index contributed by atoms with van der Waals surface area (Å²) >= 11 is 0. The molecule has 18 nitrogen and oxygen atoms in total. The van der Waals surface area contributed by atoms with Crippen LogP contribution in [0.2, 0.25) is 0 Å². The highest BCUT2D eigenvalue weighted by molar-refractivity contribution is 6.01. The minimum atomic E-state index is -1.25. The maximum atomic E-state index is 14.0. The number of fused-ring (bicyclic) bond motifs is 8. The van der Waals surface area contributed by atoms with Gasteiger partial charge in [-0.15, -0.1) is 0 Å². The Labute approximate surface area is 403 Å². The van der Waals surface area contributed by atoms with Crippen molar-refractivity contribution in [2.75, 3.05) is 20.8 Å². The molecule has 4 aromatic rings. The van der Waals surface area contributed by atoms with Gasteiger partial charge in [-0.25, -0.2) is 9.78 Å². The number of aryl methyl sites for hydroxylation is 3. The number of ether oxygens (including phenoxy) is 5. The van der Waals surface area contributed by atoms with E-state index in [-0.39, 0.29) is 60.4 Å². The van der Waals surface area contributed by atoms with Gasteiger partial charge in [0.15, 0.2) is 12.3 Å². The van der Waals surface area contributed by atoms with Crippen LogP contribution >= 0.6 is 0 Å². The van der Waals surface area contributed by atoms with E-state index in [1.54, 1.807) is 0 Å². The Hall–Kier alpha value is -7.05. The van der Waals surface area contributed by atoms with Crippen LogP contribution in [0.1, 0.15) is 142 Å². The number of allylic oxidation sites excluding steroid dienone is 2. The number of ketones is 2. The molecule has 7 rings (SSSR count). The van der Waals surface area contributed by atoms with Gasteiger partial charge in [-0.2, -0.15) is 0 Å². The van der Waals surface area contributed by atoms with Gasteiger partial charge in [-0.05, 0) is 99.1 Å². The van der Waals surface area contributed by atoms with Crippen LogP contribution in [-0.4, -0.2) is 98.1 Å². The van der Waals surface area contributed by atoms with Crippen LogP contribution in [0.5, 0.6) is 0 Å². The van der Waals surface area contributed by atoms with Crippen LogP contribution in [0.3, 0.4) is 0 Å². The first-order valence-corrected chi connectivity index (χ1v) is 23.2. The van der Waals surface area contributed by atoms with Crippen LogP contribution in [0.4, 0.5) is 0 Å². The number of rotatable bonds is 15. The monoisotopic (exact) mass is 960 g/mol. The van der Waals surface area contributed by atoms with Crippen LogP contribution in [0.25, 0.3) is 38.8 Å². The molecule has 18 heteroatoms. The molecule has 0 aromatic carbocycles. The number of hydrogen-bond acceptors (Lipinski definition) is 14. The summed E-state index contributed by atoms with van der Waals surface area (Å²) in [7, 11) is 2.69. The number of H-pyrrole nitrogens is 3. The van der Waals surface area contributed by atoms with Crippen molar-refractivity contribution >= 4 is 68.3 Å². The molecular formula is C52H60N6O12. The second-order valence-electron chi connectivity index (χ2n) is 18.2. The Morgan fingerprint density at radius 3 is 2.14 bits per heavy atom. The van der Waals surface area contributed by atoms with Crippen molar-refractivity contribution in [3.05, 3.63) is 108 Å². The Morgan fingerprint density at radius 1 is 0.829 bits per heavy atom. The zero-order valence-corrected chi connectivity index (χ0v) is 41.5. The normalized spacial score (nSPS) is 19.8. The van der Waals surface area contributed by atoms with Crippen LogP contribution in [0, 0.1) is 13.8 Å². The number of carbonyl (C=O) groups is 5. The van der Waals surface area contributed by atoms with Crippen molar-refractivity contribution in [1.29, 1.82) is 0 Å². The topological polar surface area (TPSA) is 244 Å². The van der Waals surface area contributed by atoms with E-state index in [0.717, 1.165) is 32.3 Å². The first kappa shape index (κ1) is 50.8. The van der Waals surface area contributed by atoms with Gasteiger partial charge in [0.05, 0.1) is 29.8 Å². The number of Topliss-reactive ketones (excluding diaryl/α,β-unsaturated/α-hetero) is 2. The van der Waals surface area contributed by atoms with E-state index in [1.807, 2.05) is 52.8 Å². The Morgan fingerprint density at radius 2 is 1.51 bits per heavy atom.